The van der Waals surface area contributed by atoms with Crippen molar-refractivity contribution >= 4 is 33.6 Å². The summed E-state index contributed by atoms with van der Waals surface area (Å²) in [6.07, 6.45) is 24.9. The number of benzene rings is 4. The topological polar surface area (TPSA) is 186 Å². The summed E-state index contributed by atoms with van der Waals surface area (Å²) in [4.78, 5) is 13.5. The van der Waals surface area contributed by atoms with Crippen LogP contribution in [0.3, 0.4) is 0 Å². The first-order valence-corrected chi connectivity index (χ1v) is 36.1. The number of carbonyl (C=O) groups excluding carboxylic acids is 1. The number of carbonyl (C=O) groups is 1. The van der Waals surface area contributed by atoms with Crippen molar-refractivity contribution in [1.29, 1.82) is 0 Å². The lowest BCUT2D eigenvalue weighted by atomic mass is 9.44. The van der Waals surface area contributed by atoms with E-state index in [1.165, 1.54) is 30.9 Å². The van der Waals surface area contributed by atoms with Crippen molar-refractivity contribution in [3.8, 4) is 63.6 Å². The molecule has 4 fully saturated rings. The van der Waals surface area contributed by atoms with Crippen LogP contribution in [0.2, 0.25) is 0 Å². The minimum Gasteiger partial charge on any atom is -0.508 e. The van der Waals surface area contributed by atoms with Crippen molar-refractivity contribution in [2.24, 2.45) is 46.7 Å². The smallest absolute Gasteiger partial charge is 0.302 e. The van der Waals surface area contributed by atoms with E-state index in [0.29, 0.717) is 71.9 Å². The van der Waals surface area contributed by atoms with Crippen LogP contribution >= 0.6 is 21.6 Å². The van der Waals surface area contributed by atoms with E-state index in [4.69, 9.17) is 29.4 Å². The van der Waals surface area contributed by atoms with Gasteiger partial charge in [0.25, 0.3) is 0 Å². The van der Waals surface area contributed by atoms with Crippen LogP contribution in [0.15, 0.2) is 90.2 Å². The molecule has 0 aromatic heterocycles. The van der Waals surface area contributed by atoms with Gasteiger partial charge < -0.3 is 60.7 Å². The number of ether oxygens (including phenoxy) is 5. The zero-order valence-corrected chi connectivity index (χ0v) is 54.0. The number of aliphatic hydroxyl groups is 1. The van der Waals surface area contributed by atoms with Gasteiger partial charge in [0.1, 0.15) is 42.0 Å². The molecule has 4 aromatic rings. The summed E-state index contributed by atoms with van der Waals surface area (Å²) < 4.78 is 34.5. The third-order valence-corrected chi connectivity index (χ3v) is 26.1. The highest BCUT2D eigenvalue weighted by Crippen LogP contribution is 2.72. The first-order valence-electron chi connectivity index (χ1n) is 33.6. The van der Waals surface area contributed by atoms with Crippen molar-refractivity contribution < 1.29 is 43.8 Å². The number of phenolic OH excluding ortho intramolecular Hbond substituents is 2. The molecule has 16 unspecified atom stereocenters. The maximum absolute atomic E-state index is 13.7. The molecule has 0 radical (unpaired) electrons. The van der Waals surface area contributed by atoms with Crippen molar-refractivity contribution in [1.82, 2.24) is 16.0 Å². The van der Waals surface area contributed by atoms with Crippen LogP contribution in [0.1, 0.15) is 146 Å². The van der Waals surface area contributed by atoms with Gasteiger partial charge in [0.15, 0.2) is 11.5 Å². The fourth-order valence-electron chi connectivity index (χ4n) is 19.8. The zero-order valence-electron chi connectivity index (χ0n) is 52.4. The zero-order chi connectivity index (χ0) is 61.9. The quantitative estimate of drug-likeness (QED) is 0.0418. The standard InChI is InChI=1S/C76H84N4O9S2/c1-42(82)87-38-59-53-16-17-55-65-47(31-52(83)32-62(65)86-3)33-75-27-26-74(41-75)25-23-49-10-4-5-24-76(49)50-11-6-8-43(29-50)28-46-14-13-45(15-20-60-54(73(74)76)19-22-64(77)80-60)66-57(35-78-34-48(36-81)58(46)37-85-2)69(84)72-56(67(66)70(59)89-71(53)68(55)75)18-21-61-63(88-72)40-91-90-39-44-9-7-12-51(30-44)79-61/h6,8,11,16-19,21-23,25,29,31-32,44-46,48-49,51,58-59,61,63-64,70,73,78-81,83-84H,4-5,7,9-10,12,24,26-28,30,33-41,77H2,1-3H3. The minimum absolute atomic E-state index is 0.00505. The minimum atomic E-state index is -0.864. The van der Waals surface area contributed by atoms with E-state index in [2.05, 4.69) is 112 Å². The van der Waals surface area contributed by atoms with Gasteiger partial charge in [0, 0.05) is 125 Å². The molecule has 11 bridgehead atoms. The van der Waals surface area contributed by atoms with Gasteiger partial charge in [0.05, 0.1) is 37.5 Å². The molecule has 4 aromatic carbocycles. The highest BCUT2D eigenvalue weighted by Gasteiger charge is 2.64. The normalized spacial score (nSPS) is 35.0. The first-order chi connectivity index (χ1) is 44.4. The number of nitrogens with two attached hydrogens (primary N) is 1. The molecule has 15 heteroatoms. The molecule has 91 heavy (non-hydrogen) atoms. The third-order valence-electron chi connectivity index (χ3n) is 23.6. The number of esters is 1. The van der Waals surface area contributed by atoms with Gasteiger partial charge in [-0.3, -0.25) is 4.79 Å². The molecule has 474 valence electrons. The Hall–Kier alpha value is -6.27. The lowest BCUT2D eigenvalue weighted by Gasteiger charge is -2.59. The SMILES string of the molecule is COCC1C2C#CC3C#CC4=C(C=CC(N)N4)C4C5(C=CC6CCCCC64c4cccc(c4)C2)CCC2(Cc4cc(O)cc(OC)c4-c4ccc6c(c42)OC(c2c4c(c(O)c(c23)CNCC1CO)OC1CSSCC2CCCC(C2)NC1C=C4)C6COC(C)=O)C5. The number of allylic oxidation sites excluding steroid dienone is 5. The summed E-state index contributed by atoms with van der Waals surface area (Å²) in [5.41, 5.74) is 17.9. The number of phenols is 2. The second-order valence-electron chi connectivity index (χ2n) is 28.5. The molecular formula is C76H84N4O9S2. The molecule has 6 heterocycles. The number of aliphatic hydroxyl groups excluding tert-OH is 1. The molecule has 0 amide bonds. The Balaban J connectivity index is 1.05. The summed E-state index contributed by atoms with van der Waals surface area (Å²) >= 11 is 0. The Morgan fingerprint density at radius 1 is 0.912 bits per heavy atom. The van der Waals surface area contributed by atoms with E-state index < -0.39 is 40.9 Å². The predicted octanol–water partition coefficient (Wildman–Crippen LogP) is 11.5. The molecular weight excluding hydrogens is 1180 g/mol. The maximum Gasteiger partial charge on any atom is 0.302 e. The van der Waals surface area contributed by atoms with Crippen LogP contribution in [-0.2, 0) is 44.5 Å². The van der Waals surface area contributed by atoms with E-state index in [1.54, 1.807) is 20.3 Å². The number of hydrogen-bond donors (Lipinski definition) is 7. The van der Waals surface area contributed by atoms with Crippen molar-refractivity contribution in [3.05, 3.63) is 140 Å². The maximum atomic E-state index is 13.7. The van der Waals surface area contributed by atoms with Gasteiger partial charge in [-0.05, 0) is 133 Å². The lowest BCUT2D eigenvalue weighted by molar-refractivity contribution is -0.141. The van der Waals surface area contributed by atoms with Gasteiger partial charge in [-0.2, -0.15) is 0 Å². The Morgan fingerprint density at radius 2 is 1.81 bits per heavy atom. The molecule has 12 aliphatic rings. The Morgan fingerprint density at radius 3 is 2.68 bits per heavy atom. The van der Waals surface area contributed by atoms with E-state index in [1.807, 2.05) is 27.7 Å². The molecule has 8 N–H and O–H groups in total. The van der Waals surface area contributed by atoms with E-state index in [-0.39, 0.29) is 78.4 Å². The highest BCUT2D eigenvalue weighted by molar-refractivity contribution is 8.76. The van der Waals surface area contributed by atoms with Crippen LogP contribution in [0.4, 0.5) is 0 Å². The number of hydrogen-bond acceptors (Lipinski definition) is 15. The molecule has 6 aliphatic heterocycles. The molecule has 16 atom stereocenters. The number of rotatable bonds is 6. The Labute approximate surface area is 542 Å². The fraction of sp³-hybridized carbons (Fsp3) is 0.513. The largest absolute Gasteiger partial charge is 0.508 e. The van der Waals surface area contributed by atoms with Crippen LogP contribution < -0.4 is 35.9 Å². The van der Waals surface area contributed by atoms with Crippen molar-refractivity contribution in [2.75, 3.05) is 52.1 Å². The summed E-state index contributed by atoms with van der Waals surface area (Å²) in [7, 11) is 7.19. The lowest BCUT2D eigenvalue weighted by Crippen LogP contribution is -2.55. The molecule has 6 aliphatic carbocycles. The van der Waals surface area contributed by atoms with Gasteiger partial charge >= 0.3 is 5.97 Å². The second kappa shape index (κ2) is 23.6. The van der Waals surface area contributed by atoms with Gasteiger partial charge in [-0.15, -0.1) is 0 Å². The third kappa shape index (κ3) is 9.90. The van der Waals surface area contributed by atoms with Gasteiger partial charge in [-0.25, -0.2) is 0 Å². The van der Waals surface area contributed by atoms with Crippen LogP contribution in [0.25, 0.3) is 17.2 Å². The summed E-state index contributed by atoms with van der Waals surface area (Å²) in [6.45, 7) is 2.31. The predicted molar refractivity (Wildman–Crippen MR) is 357 cm³/mol. The molecule has 3 saturated carbocycles. The molecule has 1 saturated heterocycles. The number of dihydropyridines is 1. The van der Waals surface area contributed by atoms with Crippen LogP contribution in [0, 0.1) is 64.6 Å². The van der Waals surface area contributed by atoms with E-state index >= 15 is 0 Å². The molecule has 16 rings (SSSR count). The monoisotopic (exact) mass is 1260 g/mol. The average molecular weight is 1260 g/mol. The van der Waals surface area contributed by atoms with Crippen molar-refractivity contribution in [3.63, 3.8) is 0 Å². The summed E-state index contributed by atoms with van der Waals surface area (Å²) in [5, 5.41) is 48.8. The van der Waals surface area contributed by atoms with Crippen LogP contribution in [0.5, 0.6) is 28.7 Å². The fourth-order valence-corrected chi connectivity index (χ4v) is 22.5. The number of aromatic hydroxyl groups is 2. The van der Waals surface area contributed by atoms with Crippen molar-refractivity contribution in [2.45, 2.75) is 150 Å². The summed E-state index contributed by atoms with van der Waals surface area (Å²) in [5.74, 6) is 17.6. The number of fused-ring (bicyclic) bond motifs is 12. The number of nitrogens with one attached hydrogen (secondary N) is 3. The van der Waals surface area contributed by atoms with Crippen LogP contribution in [-0.4, -0.2) is 97.7 Å². The van der Waals surface area contributed by atoms with E-state index in [0.717, 1.165) is 114 Å². The highest BCUT2D eigenvalue weighted by atomic mass is 33.1. The molecule has 3 spiro atoms. The number of methoxy groups -OCH3 is 2. The Bertz CT molecular complexity index is 3890. The van der Waals surface area contributed by atoms with E-state index in [9.17, 15) is 20.1 Å². The summed E-state index contributed by atoms with van der Waals surface area (Å²) in [6, 6.07) is 17.7. The second-order valence-corrected chi connectivity index (χ2v) is 31.1. The average Bonchev–Trinajstić information content (AvgIpc) is 1.62. The molecule has 13 nitrogen and oxygen atoms in total. The van der Waals surface area contributed by atoms with Gasteiger partial charge in [0.2, 0.25) is 0 Å². The Kier molecular flexibility index (Phi) is 15.5. The van der Waals surface area contributed by atoms with Gasteiger partial charge in [-0.1, -0.05) is 125 Å². The first kappa shape index (κ1) is 59.7.